The monoisotopic (exact) mass is 450 g/mol. The van der Waals surface area contributed by atoms with Gasteiger partial charge in [-0.1, -0.05) is 30.7 Å². The molecule has 7 heteroatoms. The predicted octanol–water partition coefficient (Wildman–Crippen LogP) is 5.26. The highest BCUT2D eigenvalue weighted by atomic mass is 16.1. The van der Waals surface area contributed by atoms with Crippen LogP contribution in [-0.4, -0.2) is 30.6 Å². The molecule has 34 heavy (non-hydrogen) atoms. The van der Waals surface area contributed by atoms with Gasteiger partial charge in [-0.25, -0.2) is 4.98 Å². The molecule has 0 atom stereocenters. The van der Waals surface area contributed by atoms with Crippen molar-refractivity contribution in [1.82, 2.24) is 24.7 Å². The molecule has 0 unspecified atom stereocenters. The summed E-state index contributed by atoms with van der Waals surface area (Å²) < 4.78 is 2.03. The number of benzene rings is 1. The van der Waals surface area contributed by atoms with E-state index in [1.54, 1.807) is 12.4 Å². The van der Waals surface area contributed by atoms with E-state index in [0.29, 0.717) is 23.0 Å². The molecule has 1 aromatic carbocycles. The minimum Gasteiger partial charge on any atom is -0.312 e. The van der Waals surface area contributed by atoms with Crippen LogP contribution in [0.1, 0.15) is 59.6 Å². The maximum Gasteiger partial charge on any atom is 0.257 e. The number of aromatic nitrogens is 5. The third kappa shape index (κ3) is 4.21. The summed E-state index contributed by atoms with van der Waals surface area (Å²) in [6.07, 6.45) is 10.1. The molecule has 0 radical (unpaired) electrons. The van der Waals surface area contributed by atoms with Crippen molar-refractivity contribution < 1.29 is 4.79 Å². The number of carbonyl (C=O) groups is 1. The molecule has 4 aromatic rings. The Hall–Kier alpha value is -3.87. The summed E-state index contributed by atoms with van der Waals surface area (Å²) in [4.78, 5) is 22.7. The zero-order chi connectivity index (χ0) is 22.9. The molecule has 2 aliphatic rings. The topological polar surface area (TPSA) is 85.6 Å². The molecule has 7 nitrogen and oxygen atoms in total. The number of anilines is 1. The molecule has 0 saturated heterocycles. The molecule has 6 rings (SSSR count). The fourth-order valence-electron chi connectivity index (χ4n) is 4.59. The Kier molecular flexibility index (Phi) is 5.37. The fraction of sp³-hybridized carbons (Fsp3) is 0.296. The van der Waals surface area contributed by atoms with Crippen molar-refractivity contribution in [2.75, 3.05) is 5.32 Å². The van der Waals surface area contributed by atoms with Crippen LogP contribution in [0.2, 0.25) is 0 Å². The second kappa shape index (κ2) is 8.82. The average molecular weight is 451 g/mol. The van der Waals surface area contributed by atoms with Crippen molar-refractivity contribution in [1.29, 1.82) is 0 Å². The van der Waals surface area contributed by atoms with Gasteiger partial charge in [0.1, 0.15) is 17.8 Å². The first-order chi connectivity index (χ1) is 16.7. The van der Waals surface area contributed by atoms with Gasteiger partial charge in [-0.2, -0.15) is 0 Å². The first kappa shape index (κ1) is 20.7. The maximum atomic E-state index is 13.4. The van der Waals surface area contributed by atoms with Crippen molar-refractivity contribution in [3.63, 3.8) is 0 Å². The van der Waals surface area contributed by atoms with Gasteiger partial charge in [0.2, 0.25) is 0 Å². The summed E-state index contributed by atoms with van der Waals surface area (Å²) in [5.41, 5.74) is 5.64. The highest BCUT2D eigenvalue weighted by Gasteiger charge is 2.24. The predicted molar refractivity (Wildman–Crippen MR) is 130 cm³/mol. The molecule has 1 aliphatic carbocycles. The first-order valence-corrected chi connectivity index (χ1v) is 12.0. The number of hydrogen-bond acceptors (Lipinski definition) is 5. The molecule has 1 saturated carbocycles. The Labute approximate surface area is 198 Å². The number of nitrogens with one attached hydrogen (secondary N) is 1. The maximum absolute atomic E-state index is 13.4. The molecule has 2 bridgehead atoms. The van der Waals surface area contributed by atoms with Gasteiger partial charge in [0.05, 0.1) is 0 Å². The van der Waals surface area contributed by atoms with Gasteiger partial charge in [-0.15, -0.1) is 10.2 Å². The van der Waals surface area contributed by atoms with Crippen LogP contribution in [0.3, 0.4) is 0 Å². The van der Waals surface area contributed by atoms with E-state index in [4.69, 9.17) is 0 Å². The average Bonchev–Trinajstić information content (AvgIpc) is 3.61. The van der Waals surface area contributed by atoms with Crippen LogP contribution in [0, 0.1) is 0 Å². The molecule has 170 valence electrons. The van der Waals surface area contributed by atoms with Gasteiger partial charge < -0.3 is 9.88 Å². The van der Waals surface area contributed by atoms with Crippen LogP contribution in [-0.2, 0) is 13.0 Å². The smallest absolute Gasteiger partial charge is 0.257 e. The van der Waals surface area contributed by atoms with E-state index in [2.05, 4.69) is 49.7 Å². The van der Waals surface area contributed by atoms with Crippen molar-refractivity contribution >= 4 is 11.7 Å². The first-order valence-electron chi connectivity index (χ1n) is 12.0. The van der Waals surface area contributed by atoms with Gasteiger partial charge in [0, 0.05) is 35.5 Å². The van der Waals surface area contributed by atoms with Gasteiger partial charge in [-0.3, -0.25) is 9.78 Å². The SMILES string of the molecule is O=C1Nc2cccc(n2)-c2nncn2CCCCCc2ccc(-c3ccc(C4CC4)nc3)cc21. The number of carbonyl (C=O) groups excluding carboxylic acids is 1. The van der Waals surface area contributed by atoms with E-state index < -0.39 is 0 Å². The van der Waals surface area contributed by atoms with Crippen LogP contribution in [0.15, 0.2) is 61.1 Å². The Morgan fingerprint density at radius 2 is 1.88 bits per heavy atom. The van der Waals surface area contributed by atoms with E-state index >= 15 is 0 Å². The lowest BCUT2D eigenvalue weighted by atomic mass is 9.95. The van der Waals surface area contributed by atoms with E-state index in [1.807, 2.05) is 29.0 Å². The van der Waals surface area contributed by atoms with Crippen LogP contribution >= 0.6 is 0 Å². The summed E-state index contributed by atoms with van der Waals surface area (Å²) in [6, 6.07) is 16.0. The molecule has 1 fully saturated rings. The van der Waals surface area contributed by atoms with Crippen molar-refractivity contribution in [2.24, 2.45) is 0 Å². The highest BCUT2D eigenvalue weighted by Crippen LogP contribution is 2.39. The molecule has 1 amide bonds. The van der Waals surface area contributed by atoms with Crippen molar-refractivity contribution in [2.45, 2.75) is 51.0 Å². The quantitative estimate of drug-likeness (QED) is 0.450. The van der Waals surface area contributed by atoms with Crippen LogP contribution in [0.5, 0.6) is 0 Å². The molecule has 0 spiro atoms. The Bertz CT molecular complexity index is 1340. The number of rotatable bonds is 2. The lowest BCUT2D eigenvalue weighted by molar-refractivity contribution is 0.102. The Balaban J connectivity index is 1.35. The summed E-state index contributed by atoms with van der Waals surface area (Å²) in [7, 11) is 0. The third-order valence-electron chi connectivity index (χ3n) is 6.65. The number of nitrogens with zero attached hydrogens (tertiary/aromatic N) is 5. The van der Waals surface area contributed by atoms with E-state index in [0.717, 1.165) is 54.7 Å². The fourth-order valence-corrected chi connectivity index (χ4v) is 4.59. The molecule has 1 N–H and O–H groups in total. The standard InChI is InChI=1S/C27H26N6O/c34-27-22-15-20(21-12-13-23(28-16-21)19-9-10-19)11-8-18(22)5-2-1-3-14-33-17-29-32-26(33)24-6-4-7-25(30-24)31-27/h4,6-8,11-13,15-17,19H,1-3,5,9-10,14H2,(H,30,31,34). The number of pyridine rings is 2. The number of hydrogen-bond donors (Lipinski definition) is 1. The van der Waals surface area contributed by atoms with Crippen LogP contribution in [0.25, 0.3) is 22.6 Å². The van der Waals surface area contributed by atoms with Crippen molar-refractivity contribution in [3.8, 4) is 22.6 Å². The van der Waals surface area contributed by atoms with Crippen LogP contribution < -0.4 is 5.32 Å². The van der Waals surface area contributed by atoms with E-state index in [9.17, 15) is 4.79 Å². The number of aryl methyl sites for hydroxylation is 2. The molecular weight excluding hydrogens is 424 g/mol. The summed E-state index contributed by atoms with van der Waals surface area (Å²) in [5, 5.41) is 11.3. The van der Waals surface area contributed by atoms with E-state index in [1.165, 1.54) is 18.5 Å². The van der Waals surface area contributed by atoms with Gasteiger partial charge in [0.15, 0.2) is 5.82 Å². The minimum absolute atomic E-state index is 0.150. The Morgan fingerprint density at radius 1 is 0.971 bits per heavy atom. The molecular formula is C27H26N6O. The molecule has 4 heterocycles. The lowest BCUT2D eigenvalue weighted by Crippen LogP contribution is -2.16. The summed E-state index contributed by atoms with van der Waals surface area (Å²) in [6.45, 7) is 0.843. The van der Waals surface area contributed by atoms with Gasteiger partial charge in [-0.05, 0) is 67.5 Å². The number of amides is 1. The highest BCUT2D eigenvalue weighted by molar-refractivity contribution is 6.05. The minimum atomic E-state index is -0.150. The zero-order valence-corrected chi connectivity index (χ0v) is 18.9. The second-order valence-corrected chi connectivity index (χ2v) is 9.14. The van der Waals surface area contributed by atoms with Crippen molar-refractivity contribution in [3.05, 3.63) is 77.9 Å². The lowest BCUT2D eigenvalue weighted by Gasteiger charge is -2.14. The van der Waals surface area contributed by atoms with Gasteiger partial charge >= 0.3 is 0 Å². The van der Waals surface area contributed by atoms with E-state index in [-0.39, 0.29) is 5.91 Å². The number of fused-ring (bicyclic) bond motifs is 5. The van der Waals surface area contributed by atoms with Gasteiger partial charge in [0.25, 0.3) is 5.91 Å². The summed E-state index contributed by atoms with van der Waals surface area (Å²) in [5.74, 6) is 1.70. The third-order valence-corrected chi connectivity index (χ3v) is 6.65. The zero-order valence-electron chi connectivity index (χ0n) is 18.9. The Morgan fingerprint density at radius 3 is 2.74 bits per heavy atom. The normalized spacial score (nSPS) is 16.2. The molecule has 1 aliphatic heterocycles. The second-order valence-electron chi connectivity index (χ2n) is 9.14. The molecule has 3 aromatic heterocycles. The van der Waals surface area contributed by atoms with Crippen LogP contribution in [0.4, 0.5) is 5.82 Å². The largest absolute Gasteiger partial charge is 0.312 e. The summed E-state index contributed by atoms with van der Waals surface area (Å²) >= 11 is 0.